The Hall–Kier alpha value is -4.66. The molecule has 0 bridgehead atoms. The first-order valence-corrected chi connectivity index (χ1v) is 15.6. The number of aromatic amines is 2. The smallest absolute Gasteiger partial charge is 0.406 e. The number of aromatic nitrogens is 4. The van der Waals surface area contributed by atoms with Gasteiger partial charge >= 0.3 is 12.2 Å². The van der Waals surface area contributed by atoms with E-state index in [1.165, 1.54) is 14.2 Å². The minimum atomic E-state index is -0.562. The zero-order chi connectivity index (χ0) is 31.1. The zero-order valence-electron chi connectivity index (χ0n) is 23.9. The zero-order valence-corrected chi connectivity index (χ0v) is 25.9. The van der Waals surface area contributed by atoms with E-state index in [1.807, 2.05) is 24.3 Å². The van der Waals surface area contributed by atoms with Crippen LogP contribution >= 0.6 is 17.2 Å². The van der Waals surface area contributed by atoms with Crippen molar-refractivity contribution in [1.29, 1.82) is 0 Å². The molecule has 14 heteroatoms. The summed E-state index contributed by atoms with van der Waals surface area (Å²) in [5, 5.41) is 7.13. The van der Waals surface area contributed by atoms with Gasteiger partial charge in [0.2, 0.25) is 0 Å². The lowest BCUT2D eigenvalue weighted by Gasteiger charge is -2.06. The van der Waals surface area contributed by atoms with Crippen molar-refractivity contribution in [2.75, 3.05) is 27.3 Å². The van der Waals surface area contributed by atoms with E-state index in [9.17, 15) is 19.2 Å². The van der Waals surface area contributed by atoms with Gasteiger partial charge in [0.1, 0.15) is 11.1 Å². The Morgan fingerprint density at radius 1 is 0.727 bits per heavy atom. The molecule has 2 amide bonds. The number of carbonyl (C=O) groups is 4. The molecule has 5 rings (SSSR count). The van der Waals surface area contributed by atoms with Crippen LogP contribution in [0.5, 0.6) is 0 Å². The summed E-state index contributed by atoms with van der Waals surface area (Å²) in [5.74, 6) is 0. The Balaban J connectivity index is 1.23. The summed E-state index contributed by atoms with van der Waals surface area (Å²) in [6.45, 7) is 0.436. The Morgan fingerprint density at radius 2 is 1.30 bits per heavy atom. The van der Waals surface area contributed by atoms with Gasteiger partial charge in [-0.1, -0.05) is 30.3 Å². The second-order valence-electron chi connectivity index (χ2n) is 9.67. The van der Waals surface area contributed by atoms with Crippen molar-refractivity contribution in [3.8, 4) is 22.4 Å². The highest BCUT2D eigenvalue weighted by atomic mass is 31.1. The molecule has 5 aromatic rings. The number of hydrogen-bond donors (Lipinski definition) is 4. The molecule has 2 aromatic heterocycles. The number of methoxy groups -OCH3 is 2. The molecule has 226 valence electrons. The molecule has 2 atom stereocenters. The first-order chi connectivity index (χ1) is 21.3. The lowest BCUT2D eigenvalue weighted by atomic mass is 9.99. The topological polar surface area (TPSA) is 168 Å². The normalized spacial score (nSPS) is 11.5. The average molecular weight is 633 g/mol. The highest BCUT2D eigenvalue weighted by Crippen LogP contribution is 2.29. The van der Waals surface area contributed by atoms with Crippen LogP contribution in [0.25, 0.3) is 44.2 Å². The fraction of sp³-hybridized carbons (Fsp3) is 0.200. The van der Waals surface area contributed by atoms with Gasteiger partial charge in [-0.15, -0.1) is 0 Å². The van der Waals surface area contributed by atoms with Gasteiger partial charge in [-0.2, -0.15) is 0 Å². The van der Waals surface area contributed by atoms with Gasteiger partial charge in [-0.05, 0) is 46.2 Å². The van der Waals surface area contributed by atoms with E-state index in [0.717, 1.165) is 44.2 Å². The number of nitrogens with zero attached hydrogens (tertiary/aromatic N) is 2. The summed E-state index contributed by atoms with van der Waals surface area (Å²) in [6.07, 6.45) is 1.00. The average Bonchev–Trinajstić information content (AvgIpc) is 3.66. The van der Waals surface area contributed by atoms with Crippen molar-refractivity contribution in [3.63, 3.8) is 0 Å². The molecule has 0 saturated heterocycles. The number of H-pyrrole nitrogens is 2. The van der Waals surface area contributed by atoms with Gasteiger partial charge in [-0.3, -0.25) is 9.59 Å². The van der Waals surface area contributed by atoms with Crippen molar-refractivity contribution in [2.24, 2.45) is 0 Å². The van der Waals surface area contributed by atoms with E-state index in [2.05, 4.69) is 70.4 Å². The minimum Gasteiger partial charge on any atom is -0.453 e. The van der Waals surface area contributed by atoms with Gasteiger partial charge in [0, 0.05) is 48.7 Å². The summed E-state index contributed by atoms with van der Waals surface area (Å²) in [7, 11) is 2.28. The van der Waals surface area contributed by atoms with E-state index in [1.54, 1.807) is 6.20 Å². The van der Waals surface area contributed by atoms with Gasteiger partial charge in [0.15, 0.2) is 11.0 Å². The van der Waals surface area contributed by atoms with E-state index >= 15 is 0 Å². The molecular formula is C30H30N6O6P2. The summed E-state index contributed by atoms with van der Waals surface area (Å²) in [5.41, 5.74) is 6.62. The third-order valence-corrected chi connectivity index (χ3v) is 8.69. The van der Waals surface area contributed by atoms with Gasteiger partial charge in [0.25, 0.3) is 0 Å². The summed E-state index contributed by atoms with van der Waals surface area (Å²) in [6, 6.07) is 18.3. The lowest BCUT2D eigenvalue weighted by Crippen LogP contribution is -2.25. The van der Waals surface area contributed by atoms with Crippen LogP contribution in [0, 0.1) is 0 Å². The maximum Gasteiger partial charge on any atom is 0.406 e. The number of hydrogen-bond acceptors (Lipinski definition) is 8. The maximum atomic E-state index is 12.3. The molecule has 2 heterocycles. The quantitative estimate of drug-likeness (QED) is 0.150. The monoisotopic (exact) mass is 632 g/mol. The highest BCUT2D eigenvalue weighted by Gasteiger charge is 2.12. The minimum absolute atomic E-state index is 0.0140. The predicted octanol–water partition coefficient (Wildman–Crippen LogP) is 3.93. The summed E-state index contributed by atoms with van der Waals surface area (Å²) in [4.78, 5) is 62.3. The molecule has 44 heavy (non-hydrogen) atoms. The van der Waals surface area contributed by atoms with Crippen LogP contribution in [0.2, 0.25) is 0 Å². The summed E-state index contributed by atoms with van der Waals surface area (Å²) >= 11 is 0. The maximum absolute atomic E-state index is 12.3. The Morgan fingerprint density at radius 3 is 1.95 bits per heavy atom. The highest BCUT2D eigenvalue weighted by molar-refractivity contribution is 7.65. The number of imidazole rings is 2. The third-order valence-electron chi connectivity index (χ3n) is 6.67. The molecule has 2 unspecified atom stereocenters. The molecule has 0 fully saturated rings. The number of benzene rings is 3. The number of fused-ring (bicyclic) bond motifs is 2. The number of rotatable bonds is 12. The Labute approximate surface area is 255 Å². The van der Waals surface area contributed by atoms with E-state index in [-0.39, 0.29) is 54.1 Å². The Bertz CT molecular complexity index is 1850. The fourth-order valence-electron chi connectivity index (χ4n) is 4.46. The number of ether oxygens (including phenoxy) is 2. The van der Waals surface area contributed by atoms with Gasteiger partial charge < -0.3 is 30.1 Å². The van der Waals surface area contributed by atoms with Crippen molar-refractivity contribution in [2.45, 2.75) is 12.8 Å². The van der Waals surface area contributed by atoms with Crippen molar-refractivity contribution >= 4 is 73.3 Å². The second-order valence-corrected chi connectivity index (χ2v) is 12.2. The van der Waals surface area contributed by atoms with Crippen LogP contribution in [0.3, 0.4) is 0 Å². The standard InChI is InChI=1S/C30H30N6O6P2/c1-41-29(39)31-11-9-25(37)43-27-33-16-24(36-27)21-6-5-17-13-18(3-4-19(17)14-21)20-7-8-22-23(15-20)35-28(34-22)44-26(38)10-12-32-30(40)42-2/h3-8,13-16,43-44H,9-12H2,1-2H3,(H,31,39)(H,32,40)(H,33,36)(H,34,35). The molecule has 0 radical (unpaired) electrons. The van der Waals surface area contributed by atoms with Crippen molar-refractivity contribution < 1.29 is 28.7 Å². The van der Waals surface area contributed by atoms with Crippen LogP contribution in [-0.2, 0) is 19.1 Å². The molecule has 0 aliphatic carbocycles. The second kappa shape index (κ2) is 14.2. The van der Waals surface area contributed by atoms with Crippen LogP contribution < -0.4 is 21.8 Å². The molecule has 12 nitrogen and oxygen atoms in total. The van der Waals surface area contributed by atoms with Crippen LogP contribution in [-0.4, -0.2) is 70.5 Å². The van der Waals surface area contributed by atoms with Gasteiger partial charge in [-0.25, -0.2) is 19.6 Å². The Kier molecular flexibility index (Phi) is 9.94. The molecule has 0 aliphatic rings. The van der Waals surface area contributed by atoms with E-state index in [0.29, 0.717) is 11.1 Å². The predicted molar refractivity (Wildman–Crippen MR) is 173 cm³/mol. The van der Waals surface area contributed by atoms with Crippen molar-refractivity contribution in [1.82, 2.24) is 30.6 Å². The fourth-order valence-corrected chi connectivity index (χ4v) is 6.19. The van der Waals surface area contributed by atoms with E-state index in [4.69, 9.17) is 0 Å². The van der Waals surface area contributed by atoms with Crippen LogP contribution in [0.15, 0.2) is 60.8 Å². The molecule has 0 saturated carbocycles. The van der Waals surface area contributed by atoms with E-state index < -0.39 is 12.2 Å². The first-order valence-electron chi connectivity index (χ1n) is 13.6. The molecule has 0 spiro atoms. The van der Waals surface area contributed by atoms with Crippen molar-refractivity contribution in [3.05, 3.63) is 60.8 Å². The summed E-state index contributed by atoms with van der Waals surface area (Å²) < 4.78 is 9.02. The van der Waals surface area contributed by atoms with Crippen LogP contribution in [0.4, 0.5) is 9.59 Å². The third kappa shape index (κ3) is 7.83. The number of alkyl carbamates (subject to hydrolysis) is 2. The largest absolute Gasteiger partial charge is 0.453 e. The first kappa shape index (κ1) is 30.8. The lowest BCUT2D eigenvalue weighted by molar-refractivity contribution is -0.111. The molecule has 4 N–H and O–H groups in total. The SMILES string of the molecule is COC(=O)NCCC(=O)Pc1ncc(-c2ccc3cc(-c4ccc5nc(PC(=O)CCNC(=O)OC)[nH]c5c4)ccc3c2)[nH]1. The van der Waals surface area contributed by atoms with Gasteiger partial charge in [0.05, 0.1) is 37.1 Å². The van der Waals surface area contributed by atoms with Crippen LogP contribution in [0.1, 0.15) is 12.8 Å². The number of amides is 2. The molecular weight excluding hydrogens is 602 g/mol. The molecule has 3 aromatic carbocycles. The molecule has 0 aliphatic heterocycles. The number of carbonyl (C=O) groups excluding carboxylic acids is 4. The number of nitrogens with one attached hydrogen (secondary N) is 4.